The zero-order chi connectivity index (χ0) is 31.1. The third-order valence-electron chi connectivity index (χ3n) is 5.81. The Morgan fingerprint density at radius 1 is 1.10 bits per heavy atom. The van der Waals surface area contributed by atoms with Crippen molar-refractivity contribution in [3.63, 3.8) is 0 Å². The lowest BCUT2D eigenvalue weighted by molar-refractivity contribution is -0.192. The number of carbonyl (C=O) groups excluding carboxylic acids is 2. The number of carbonyl (C=O) groups is 3. The first-order valence-corrected chi connectivity index (χ1v) is 12.2. The predicted octanol–water partition coefficient (Wildman–Crippen LogP) is 3.80. The van der Waals surface area contributed by atoms with Crippen LogP contribution in [0.2, 0.25) is 0 Å². The number of anilines is 1. The molecule has 1 aliphatic rings. The van der Waals surface area contributed by atoms with E-state index in [-0.39, 0.29) is 11.5 Å². The minimum Gasteiger partial charge on any atom is -0.492 e. The van der Waals surface area contributed by atoms with Crippen LogP contribution >= 0.6 is 0 Å². The van der Waals surface area contributed by atoms with Crippen LogP contribution in [0.5, 0.6) is 5.75 Å². The Balaban J connectivity index is 0.000000616. The van der Waals surface area contributed by atoms with E-state index in [1.54, 1.807) is 42.2 Å². The molecular formula is C26H25F6N5O5. The lowest BCUT2D eigenvalue weighted by Crippen LogP contribution is -2.48. The fourth-order valence-corrected chi connectivity index (χ4v) is 3.78. The van der Waals surface area contributed by atoms with Gasteiger partial charge in [-0.15, -0.1) is 0 Å². The van der Waals surface area contributed by atoms with E-state index >= 15 is 0 Å². The van der Waals surface area contributed by atoms with Gasteiger partial charge in [-0.3, -0.25) is 19.2 Å². The van der Waals surface area contributed by atoms with Gasteiger partial charge in [-0.1, -0.05) is 6.07 Å². The first-order valence-electron chi connectivity index (χ1n) is 12.2. The van der Waals surface area contributed by atoms with E-state index < -0.39 is 29.8 Å². The molecule has 0 saturated carbocycles. The number of nitrogens with zero attached hydrogens (tertiary/aromatic N) is 3. The molecule has 4 rings (SSSR count). The summed E-state index contributed by atoms with van der Waals surface area (Å²) in [6, 6.07) is 11.0. The number of hydrogen-bond donors (Lipinski definition) is 3. The molecule has 1 fully saturated rings. The summed E-state index contributed by atoms with van der Waals surface area (Å²) < 4.78 is 78.4. The molecule has 16 heteroatoms. The summed E-state index contributed by atoms with van der Waals surface area (Å²) in [7, 11) is 1.76. The quantitative estimate of drug-likeness (QED) is 0.352. The van der Waals surface area contributed by atoms with Gasteiger partial charge < -0.3 is 20.5 Å². The maximum absolute atomic E-state index is 13.0. The molecule has 10 nitrogen and oxygen atoms in total. The fraction of sp³-hybridized carbons (Fsp3) is 0.308. The number of carboxylic acids is 1. The number of aliphatic carboxylic acids is 1. The molecule has 1 aliphatic heterocycles. The van der Waals surface area contributed by atoms with Crippen LogP contribution in [0.3, 0.4) is 0 Å². The summed E-state index contributed by atoms with van der Waals surface area (Å²) in [5.41, 5.74) is 0.780. The average Bonchev–Trinajstić information content (AvgIpc) is 3.34. The van der Waals surface area contributed by atoms with Crippen LogP contribution in [0.4, 0.5) is 32.0 Å². The Kier molecular flexibility index (Phi) is 10.2. The van der Waals surface area contributed by atoms with E-state index in [2.05, 4.69) is 15.7 Å². The molecule has 0 bridgehead atoms. The number of nitrogens with one attached hydrogen (secondary N) is 2. The van der Waals surface area contributed by atoms with E-state index in [9.17, 15) is 35.9 Å². The van der Waals surface area contributed by atoms with Crippen LogP contribution in [0.25, 0.3) is 11.3 Å². The number of halogens is 6. The van der Waals surface area contributed by atoms with Gasteiger partial charge >= 0.3 is 18.3 Å². The Hall–Kier alpha value is -4.60. The molecule has 0 spiro atoms. The zero-order valence-corrected chi connectivity index (χ0v) is 21.9. The minimum absolute atomic E-state index is 0.0207. The van der Waals surface area contributed by atoms with Crippen molar-refractivity contribution in [1.82, 2.24) is 20.0 Å². The zero-order valence-electron chi connectivity index (χ0n) is 21.9. The third-order valence-corrected chi connectivity index (χ3v) is 5.81. The topological polar surface area (TPSA) is 126 Å². The van der Waals surface area contributed by atoms with Crippen molar-refractivity contribution in [2.45, 2.75) is 12.4 Å². The number of hydrogen-bond acceptors (Lipinski definition) is 6. The molecule has 1 aromatic heterocycles. The fourth-order valence-electron chi connectivity index (χ4n) is 3.78. The summed E-state index contributed by atoms with van der Waals surface area (Å²) in [6.07, 6.45) is -8.00. The molecule has 0 unspecified atom stereocenters. The molecule has 42 heavy (non-hydrogen) atoms. The number of aromatic nitrogens is 2. The molecule has 3 aromatic rings. The Morgan fingerprint density at radius 3 is 2.40 bits per heavy atom. The number of ether oxygens (including phenoxy) is 1. The second kappa shape index (κ2) is 13.4. The van der Waals surface area contributed by atoms with Gasteiger partial charge in [0.25, 0.3) is 5.91 Å². The second-order valence-corrected chi connectivity index (χ2v) is 8.86. The molecule has 0 atom stereocenters. The number of aryl methyl sites for hydroxylation is 1. The van der Waals surface area contributed by atoms with Crippen LogP contribution in [0.1, 0.15) is 15.9 Å². The van der Waals surface area contributed by atoms with Gasteiger partial charge in [0.1, 0.15) is 12.4 Å². The highest BCUT2D eigenvalue weighted by Gasteiger charge is 2.38. The summed E-state index contributed by atoms with van der Waals surface area (Å²) in [5.74, 6) is -2.89. The molecule has 3 N–H and O–H groups in total. The Bertz CT molecular complexity index is 1420. The highest BCUT2D eigenvalue weighted by atomic mass is 19.4. The molecule has 0 radical (unpaired) electrons. The van der Waals surface area contributed by atoms with E-state index in [0.29, 0.717) is 43.2 Å². The Morgan fingerprint density at radius 2 is 1.81 bits per heavy atom. The molecule has 0 aliphatic carbocycles. The van der Waals surface area contributed by atoms with Gasteiger partial charge in [-0.05, 0) is 42.5 Å². The van der Waals surface area contributed by atoms with Crippen molar-refractivity contribution in [3.8, 4) is 17.0 Å². The van der Waals surface area contributed by atoms with Gasteiger partial charge in [-0.25, -0.2) is 4.79 Å². The number of piperazine rings is 1. The van der Waals surface area contributed by atoms with E-state index in [0.717, 1.165) is 24.4 Å². The molecule has 2 heterocycles. The lowest BCUT2D eigenvalue weighted by Gasteiger charge is -2.26. The molecule has 2 amide bonds. The number of benzene rings is 2. The summed E-state index contributed by atoms with van der Waals surface area (Å²) in [5, 5.41) is 16.7. The molecule has 1 saturated heterocycles. The molecule has 2 aromatic carbocycles. The number of amides is 2. The van der Waals surface area contributed by atoms with Crippen LogP contribution < -0.4 is 15.4 Å². The first-order chi connectivity index (χ1) is 19.6. The van der Waals surface area contributed by atoms with Crippen LogP contribution in [0, 0.1) is 0 Å². The standard InChI is InChI=1S/C24H24F3N5O3.C2HF3O2/c1-31-20(7-8-29-31)19-14-18(30-23(34)16-3-2-4-17(13-16)24(25,26)27)5-6-21(19)35-12-11-32-10-9-28-22(33)15-32;3-2(4,5)1(6)7/h2-8,13-14H,9-12,15H2,1H3,(H,28,33)(H,30,34);(H,6,7). The van der Waals surface area contributed by atoms with Crippen LogP contribution in [-0.2, 0) is 22.8 Å². The SMILES string of the molecule is Cn1nccc1-c1cc(NC(=O)c2cccc(C(F)(F)F)c2)ccc1OCCN1CCNC(=O)C1.O=C(O)C(F)(F)F. The summed E-state index contributed by atoms with van der Waals surface area (Å²) >= 11 is 0. The van der Waals surface area contributed by atoms with Gasteiger partial charge in [0.15, 0.2) is 0 Å². The number of alkyl halides is 6. The van der Waals surface area contributed by atoms with Crippen molar-refractivity contribution in [2.75, 3.05) is 38.1 Å². The van der Waals surface area contributed by atoms with Crippen molar-refractivity contribution in [1.29, 1.82) is 0 Å². The monoisotopic (exact) mass is 601 g/mol. The largest absolute Gasteiger partial charge is 0.492 e. The van der Waals surface area contributed by atoms with Crippen molar-refractivity contribution >= 4 is 23.5 Å². The molecule has 226 valence electrons. The van der Waals surface area contributed by atoms with Crippen molar-refractivity contribution in [2.24, 2.45) is 7.05 Å². The Labute approximate surface area is 234 Å². The van der Waals surface area contributed by atoms with E-state index in [1.807, 2.05) is 4.90 Å². The summed E-state index contributed by atoms with van der Waals surface area (Å²) in [6.45, 7) is 2.56. The number of carboxylic acid groups (broad SMARTS) is 1. The van der Waals surface area contributed by atoms with Crippen LogP contribution in [-0.4, -0.2) is 76.5 Å². The minimum atomic E-state index is -5.08. The van der Waals surface area contributed by atoms with Gasteiger partial charge in [0, 0.05) is 49.7 Å². The van der Waals surface area contributed by atoms with Crippen molar-refractivity contribution in [3.05, 3.63) is 65.9 Å². The maximum atomic E-state index is 13.0. The van der Waals surface area contributed by atoms with Gasteiger partial charge in [0.2, 0.25) is 5.91 Å². The second-order valence-electron chi connectivity index (χ2n) is 8.86. The van der Waals surface area contributed by atoms with E-state index in [1.165, 1.54) is 12.1 Å². The highest BCUT2D eigenvalue weighted by molar-refractivity contribution is 6.04. The number of rotatable bonds is 7. The van der Waals surface area contributed by atoms with Crippen molar-refractivity contribution < 1.29 is 50.6 Å². The van der Waals surface area contributed by atoms with E-state index in [4.69, 9.17) is 14.6 Å². The first kappa shape index (κ1) is 31.9. The van der Waals surface area contributed by atoms with Gasteiger partial charge in [-0.2, -0.15) is 31.4 Å². The average molecular weight is 602 g/mol. The normalized spacial score (nSPS) is 13.9. The lowest BCUT2D eigenvalue weighted by atomic mass is 10.1. The maximum Gasteiger partial charge on any atom is 0.490 e. The summed E-state index contributed by atoms with van der Waals surface area (Å²) in [4.78, 5) is 35.1. The molecular weight excluding hydrogens is 576 g/mol. The smallest absolute Gasteiger partial charge is 0.490 e. The third kappa shape index (κ3) is 8.95. The van der Waals surface area contributed by atoms with Crippen LogP contribution in [0.15, 0.2) is 54.7 Å². The predicted molar refractivity (Wildman–Crippen MR) is 137 cm³/mol. The highest BCUT2D eigenvalue weighted by Crippen LogP contribution is 2.33. The van der Waals surface area contributed by atoms with Gasteiger partial charge in [0.05, 0.1) is 17.8 Å².